The number of aliphatic hydroxyl groups is 2. The summed E-state index contributed by atoms with van der Waals surface area (Å²) >= 11 is 15.4. The van der Waals surface area contributed by atoms with Crippen molar-refractivity contribution in [3.05, 3.63) is 141 Å². The fourth-order valence-corrected chi connectivity index (χ4v) is 11.6. The highest BCUT2D eigenvalue weighted by atomic mass is 35.5. The lowest BCUT2D eigenvalue weighted by atomic mass is 9.81. The van der Waals surface area contributed by atoms with Crippen LogP contribution in [0.15, 0.2) is 107 Å². The Balaban J connectivity index is 1.45. The molecule has 0 bridgehead atoms. The van der Waals surface area contributed by atoms with Gasteiger partial charge in [0, 0.05) is 34.2 Å². The molecule has 0 amide bonds. The summed E-state index contributed by atoms with van der Waals surface area (Å²) < 4.78 is 42.0. The van der Waals surface area contributed by atoms with Crippen LogP contribution < -0.4 is 0 Å². The number of aliphatic hydroxyl groups excluding tert-OH is 2. The second kappa shape index (κ2) is 20.6. The average molecular weight is 956 g/mol. The Kier molecular flexibility index (Phi) is 15.8. The summed E-state index contributed by atoms with van der Waals surface area (Å²) in [5.41, 5.74) is -0.851. The van der Waals surface area contributed by atoms with E-state index in [2.05, 4.69) is 0 Å². The zero-order valence-corrected chi connectivity index (χ0v) is 40.1. The Morgan fingerprint density at radius 1 is 0.562 bits per heavy atom. The molecule has 64 heavy (non-hydrogen) atoms. The van der Waals surface area contributed by atoms with Gasteiger partial charge >= 0.3 is 11.9 Å². The molecule has 0 saturated carbocycles. The number of esters is 2. The molecule has 0 aromatic heterocycles. The van der Waals surface area contributed by atoms with E-state index >= 15 is 0 Å². The average Bonchev–Trinajstić information content (AvgIpc) is 3.77. The topological polar surface area (TPSA) is 124 Å². The molecule has 6 rings (SSSR count). The number of nitrogens with zero attached hydrogens (tertiary/aromatic N) is 4. The van der Waals surface area contributed by atoms with Crippen molar-refractivity contribution in [2.24, 2.45) is 9.98 Å². The molecule has 2 aliphatic rings. The molecule has 4 aromatic carbocycles. The van der Waals surface area contributed by atoms with Crippen LogP contribution in [0.1, 0.15) is 89.5 Å². The lowest BCUT2D eigenvalue weighted by molar-refractivity contribution is -0.204. The molecule has 2 aliphatic heterocycles. The highest BCUT2D eigenvalue weighted by Crippen LogP contribution is 2.51. The first-order valence-electron chi connectivity index (χ1n) is 21.1. The van der Waals surface area contributed by atoms with E-state index in [1.165, 1.54) is 47.8 Å². The summed E-state index contributed by atoms with van der Waals surface area (Å²) in [5.74, 6) is -5.02. The zero-order valence-electron chi connectivity index (χ0n) is 36.9. The minimum atomic E-state index is -2.45. The number of hydrogen-bond acceptors (Lipinski definition) is 10. The molecular formula is C48H54Cl2F2N4O6S2. The van der Waals surface area contributed by atoms with Gasteiger partial charge in [-0.25, -0.2) is 18.4 Å². The molecule has 16 heteroatoms. The van der Waals surface area contributed by atoms with E-state index in [1.54, 1.807) is 72.8 Å². The van der Waals surface area contributed by atoms with Gasteiger partial charge in [0.05, 0.1) is 23.3 Å². The molecule has 0 aliphatic carbocycles. The third kappa shape index (κ3) is 10.4. The second-order valence-electron chi connectivity index (χ2n) is 17.0. The quantitative estimate of drug-likeness (QED) is 0.111. The van der Waals surface area contributed by atoms with Crippen LogP contribution in [-0.4, -0.2) is 102 Å². The molecule has 2 fully saturated rings. The number of amidine groups is 2. The van der Waals surface area contributed by atoms with Gasteiger partial charge in [-0.15, -0.1) is 0 Å². The van der Waals surface area contributed by atoms with Crippen LogP contribution in [0, 0.1) is 11.6 Å². The summed E-state index contributed by atoms with van der Waals surface area (Å²) in [4.78, 5) is 42.8. The van der Waals surface area contributed by atoms with Gasteiger partial charge in [-0.1, -0.05) is 95.3 Å². The summed E-state index contributed by atoms with van der Waals surface area (Å²) in [5, 5.41) is 25.8. The third-order valence-corrected chi connectivity index (χ3v) is 13.6. The van der Waals surface area contributed by atoms with E-state index in [4.69, 9.17) is 42.7 Å². The number of hydrogen-bond donors (Lipinski definition) is 2. The fourth-order valence-electron chi connectivity index (χ4n) is 8.39. The van der Waals surface area contributed by atoms with Crippen molar-refractivity contribution in [1.82, 2.24) is 9.80 Å². The van der Waals surface area contributed by atoms with Gasteiger partial charge in [0.25, 0.3) is 0 Å². The van der Waals surface area contributed by atoms with Crippen LogP contribution in [0.3, 0.4) is 0 Å². The molecule has 2 N–H and O–H groups in total. The SMILES string of the molecule is CC(C)N=C1SCC(OC(=O)C(O)C(O)C(=O)OC2(C(c3ccc(F)cc3)c3ccc(Cl)cc3)CSC(=NC(C)C)N2C(C)C)(C(c2ccc(F)cc2)c2ccc(Cl)cc2)N1C(C)C. The van der Waals surface area contributed by atoms with Gasteiger partial charge in [0.2, 0.25) is 11.4 Å². The number of benzene rings is 4. The van der Waals surface area contributed by atoms with Crippen molar-refractivity contribution in [1.29, 1.82) is 0 Å². The minimum absolute atomic E-state index is 0.0997. The second-order valence-corrected chi connectivity index (χ2v) is 19.8. The summed E-state index contributed by atoms with van der Waals surface area (Å²) in [6.45, 7) is 15.3. The van der Waals surface area contributed by atoms with Gasteiger partial charge in [0.15, 0.2) is 22.5 Å². The van der Waals surface area contributed by atoms with Gasteiger partial charge < -0.3 is 29.5 Å². The number of thioether (sulfide) groups is 2. The highest BCUT2D eigenvalue weighted by Gasteiger charge is 2.59. The minimum Gasteiger partial charge on any atom is -0.435 e. The Labute approximate surface area is 392 Å². The Morgan fingerprint density at radius 3 is 1.11 bits per heavy atom. The van der Waals surface area contributed by atoms with Crippen molar-refractivity contribution in [3.63, 3.8) is 0 Å². The molecule has 342 valence electrons. The molecular weight excluding hydrogens is 902 g/mol. The van der Waals surface area contributed by atoms with Crippen LogP contribution in [0.25, 0.3) is 0 Å². The number of carbonyl (C=O) groups excluding carboxylic acids is 2. The van der Waals surface area contributed by atoms with Crippen molar-refractivity contribution in [3.8, 4) is 0 Å². The van der Waals surface area contributed by atoms with E-state index in [9.17, 15) is 28.6 Å². The van der Waals surface area contributed by atoms with Crippen molar-refractivity contribution in [2.45, 2.75) is 115 Å². The third-order valence-electron chi connectivity index (χ3n) is 10.9. The first-order valence-corrected chi connectivity index (χ1v) is 23.8. The van der Waals surface area contributed by atoms with Gasteiger partial charge in [-0.2, -0.15) is 0 Å². The smallest absolute Gasteiger partial charge is 0.340 e. The van der Waals surface area contributed by atoms with Crippen molar-refractivity contribution >= 4 is 69.0 Å². The molecule has 2 heterocycles. The molecule has 2 saturated heterocycles. The van der Waals surface area contributed by atoms with Crippen LogP contribution in [-0.2, 0) is 19.1 Å². The van der Waals surface area contributed by atoms with Crippen LogP contribution in [0.5, 0.6) is 0 Å². The lowest BCUT2D eigenvalue weighted by Crippen LogP contribution is -2.61. The Hall–Kier alpha value is -4.18. The molecule has 0 spiro atoms. The number of rotatable bonds is 15. The lowest BCUT2D eigenvalue weighted by Gasteiger charge is -2.47. The fraction of sp³-hybridized carbons (Fsp3) is 0.417. The van der Waals surface area contributed by atoms with E-state index in [-0.39, 0.29) is 35.7 Å². The first kappa shape index (κ1) is 49.3. The number of carbonyl (C=O) groups is 2. The van der Waals surface area contributed by atoms with Gasteiger partial charge in [-0.05, 0) is 126 Å². The Morgan fingerprint density at radius 2 is 0.844 bits per heavy atom. The largest absolute Gasteiger partial charge is 0.435 e. The predicted octanol–water partition coefficient (Wildman–Crippen LogP) is 9.88. The number of ether oxygens (including phenoxy) is 2. The number of aliphatic imine (C=N–C) groups is 2. The van der Waals surface area contributed by atoms with Crippen molar-refractivity contribution in [2.75, 3.05) is 11.5 Å². The predicted molar refractivity (Wildman–Crippen MR) is 253 cm³/mol. The maximum Gasteiger partial charge on any atom is 0.340 e. The summed E-state index contributed by atoms with van der Waals surface area (Å²) in [6.07, 6.45) is -4.90. The van der Waals surface area contributed by atoms with E-state index in [0.717, 1.165) is 0 Å². The van der Waals surface area contributed by atoms with E-state index in [1.807, 2.05) is 65.2 Å². The molecule has 0 radical (unpaired) electrons. The molecule has 6 unspecified atom stereocenters. The standard InChI is InChI=1S/C48H54Cl2F2N4O6S2/c1-27(2)53-45-55(29(5)6)47(25-63-45,39(31-9-17-35(49)18-10-31)33-13-21-37(51)22-14-33)61-43(59)41(57)42(58)44(60)62-48(26-64-46(54-28(3)4)56(48)30(7)8)40(32-11-19-36(50)20-12-32)34-15-23-38(52)24-16-34/h9-24,27-30,39-42,57-58H,25-26H2,1-8H3. The van der Waals surface area contributed by atoms with Crippen LogP contribution in [0.4, 0.5) is 8.78 Å². The van der Waals surface area contributed by atoms with E-state index < -0.39 is 59.1 Å². The molecule has 4 aromatic rings. The van der Waals surface area contributed by atoms with Crippen LogP contribution >= 0.6 is 46.7 Å². The summed E-state index contributed by atoms with van der Waals surface area (Å²) in [7, 11) is 0. The normalized spacial score (nSPS) is 22.2. The first-order chi connectivity index (χ1) is 30.3. The maximum absolute atomic E-state index is 14.6. The molecule has 6 atom stereocenters. The Bertz CT molecular complexity index is 2070. The van der Waals surface area contributed by atoms with E-state index in [0.29, 0.717) is 42.6 Å². The monoisotopic (exact) mass is 954 g/mol. The van der Waals surface area contributed by atoms with Gasteiger partial charge in [0.1, 0.15) is 11.6 Å². The summed E-state index contributed by atoms with van der Waals surface area (Å²) in [6, 6.07) is 24.6. The molecule has 10 nitrogen and oxygen atoms in total. The highest BCUT2D eigenvalue weighted by molar-refractivity contribution is 8.14. The van der Waals surface area contributed by atoms with Crippen LogP contribution in [0.2, 0.25) is 10.0 Å². The van der Waals surface area contributed by atoms with Gasteiger partial charge in [-0.3, -0.25) is 9.98 Å². The zero-order chi connectivity index (χ0) is 46.7. The maximum atomic E-state index is 14.6. The van der Waals surface area contributed by atoms with Crippen molar-refractivity contribution < 1.29 is 38.1 Å². The number of halogens is 4.